The number of rotatable bonds is 5. The van der Waals surface area contributed by atoms with E-state index in [-0.39, 0.29) is 16.1 Å². The van der Waals surface area contributed by atoms with Crippen LogP contribution in [-0.2, 0) is 19.4 Å². The maximum Gasteiger partial charge on any atom is 0.339 e. The van der Waals surface area contributed by atoms with Crippen LogP contribution in [0.3, 0.4) is 0 Å². The molecule has 146 valence electrons. The Kier molecular flexibility index (Phi) is 8.46. The van der Waals surface area contributed by atoms with Crippen molar-refractivity contribution in [1.29, 1.82) is 0 Å². The zero-order valence-electron chi connectivity index (χ0n) is 15.6. The number of halogens is 1. The number of esters is 1. The molecule has 0 aliphatic heterocycles. The molecule has 0 bridgehead atoms. The second kappa shape index (κ2) is 10.1. The number of hydrogen-bond acceptors (Lipinski definition) is 5. The fourth-order valence-corrected chi connectivity index (χ4v) is 3.45. The molecule has 2 aromatic rings. The molecule has 0 unspecified atom stereocenters. The molecular weight excluding hydrogens is 390 g/mol. The van der Waals surface area contributed by atoms with Crippen LogP contribution in [0.2, 0.25) is 5.02 Å². The van der Waals surface area contributed by atoms with Crippen molar-refractivity contribution in [1.82, 2.24) is 0 Å². The third-order valence-electron chi connectivity index (χ3n) is 3.40. The highest BCUT2D eigenvalue weighted by atomic mass is 35.5. The smallest absolute Gasteiger partial charge is 0.339 e. The summed E-state index contributed by atoms with van der Waals surface area (Å²) in [7, 11) is -2.59. The number of benzene rings is 2. The van der Waals surface area contributed by atoms with E-state index in [1.165, 1.54) is 31.4 Å². The van der Waals surface area contributed by atoms with Gasteiger partial charge in [0.25, 0.3) is 0 Å². The number of hydrogen-bond donors (Lipinski definition) is 1. The van der Waals surface area contributed by atoms with Gasteiger partial charge in [-0.2, -0.15) is 0 Å². The summed E-state index contributed by atoms with van der Waals surface area (Å²) in [5.41, 5.74) is 0.808. The standard InChI is InChI=1S/C17H16ClNO5S.C2H6/c1-11-8-13(17(21)24-2)15(9-14(11)18)19-16(20)10-25(22,23)12-6-4-3-5-7-12;1-2/h3-9H,10H2,1-2H3,(H,19,20);1-2H3. The fraction of sp³-hybridized carbons (Fsp3) is 0.263. The third kappa shape index (κ3) is 6.08. The number of carbonyl (C=O) groups excluding carboxylic acids is 2. The molecule has 0 saturated heterocycles. The number of amides is 1. The number of sulfone groups is 1. The molecular formula is C19H22ClNO5S. The number of methoxy groups -OCH3 is 1. The van der Waals surface area contributed by atoms with Gasteiger partial charge in [0.2, 0.25) is 5.91 Å². The van der Waals surface area contributed by atoms with Gasteiger partial charge < -0.3 is 10.1 Å². The minimum absolute atomic E-state index is 0.0419. The van der Waals surface area contributed by atoms with Crippen LogP contribution >= 0.6 is 11.6 Å². The summed E-state index contributed by atoms with van der Waals surface area (Å²) in [6.07, 6.45) is 0. The molecule has 8 heteroatoms. The fourth-order valence-electron chi connectivity index (χ4n) is 2.13. The van der Waals surface area contributed by atoms with Crippen LogP contribution in [0.5, 0.6) is 0 Å². The van der Waals surface area contributed by atoms with E-state index in [0.29, 0.717) is 10.6 Å². The van der Waals surface area contributed by atoms with E-state index in [0.717, 1.165) is 0 Å². The van der Waals surface area contributed by atoms with Crippen LogP contribution in [0, 0.1) is 6.92 Å². The Hall–Kier alpha value is -2.38. The molecule has 2 aromatic carbocycles. The van der Waals surface area contributed by atoms with Crippen molar-refractivity contribution in [3.8, 4) is 0 Å². The highest BCUT2D eigenvalue weighted by molar-refractivity contribution is 7.92. The van der Waals surface area contributed by atoms with Crippen LogP contribution in [0.15, 0.2) is 47.4 Å². The number of ether oxygens (including phenoxy) is 1. The summed E-state index contributed by atoms with van der Waals surface area (Å²) in [6, 6.07) is 10.5. The monoisotopic (exact) mass is 411 g/mol. The zero-order valence-corrected chi connectivity index (χ0v) is 17.1. The van der Waals surface area contributed by atoms with Crippen LogP contribution in [-0.4, -0.2) is 33.2 Å². The van der Waals surface area contributed by atoms with E-state index < -0.39 is 27.5 Å². The van der Waals surface area contributed by atoms with Gasteiger partial charge in [0.15, 0.2) is 9.84 Å². The molecule has 0 aliphatic rings. The molecule has 6 nitrogen and oxygen atoms in total. The maximum atomic E-state index is 12.3. The van der Waals surface area contributed by atoms with Gasteiger partial charge in [-0.1, -0.05) is 43.6 Å². The molecule has 0 aliphatic carbocycles. The van der Waals surface area contributed by atoms with Crippen LogP contribution in [0.25, 0.3) is 0 Å². The van der Waals surface area contributed by atoms with Crippen molar-refractivity contribution in [2.45, 2.75) is 25.7 Å². The lowest BCUT2D eigenvalue weighted by Crippen LogP contribution is -2.24. The van der Waals surface area contributed by atoms with Crippen LogP contribution in [0.1, 0.15) is 29.8 Å². The van der Waals surface area contributed by atoms with Gasteiger partial charge in [-0.15, -0.1) is 0 Å². The Bertz CT molecular complexity index is 911. The van der Waals surface area contributed by atoms with Crippen molar-refractivity contribution in [2.75, 3.05) is 18.2 Å². The Morgan fingerprint density at radius 2 is 1.70 bits per heavy atom. The van der Waals surface area contributed by atoms with E-state index in [4.69, 9.17) is 11.6 Å². The predicted molar refractivity (Wildman–Crippen MR) is 106 cm³/mol. The predicted octanol–water partition coefficient (Wildman–Crippen LogP) is 3.87. The Labute approximate surface area is 164 Å². The molecule has 27 heavy (non-hydrogen) atoms. The normalized spacial score (nSPS) is 10.4. The quantitative estimate of drug-likeness (QED) is 0.754. The molecule has 0 spiro atoms. The SMILES string of the molecule is CC.COC(=O)c1cc(C)c(Cl)cc1NC(=O)CS(=O)(=O)c1ccccc1. The lowest BCUT2D eigenvalue weighted by Gasteiger charge is -2.12. The number of anilines is 1. The van der Waals surface area contributed by atoms with Crippen LogP contribution < -0.4 is 5.32 Å². The molecule has 0 saturated carbocycles. The molecule has 0 radical (unpaired) electrons. The topological polar surface area (TPSA) is 89.5 Å². The van der Waals surface area contributed by atoms with Crippen molar-refractivity contribution >= 4 is 39.0 Å². The van der Waals surface area contributed by atoms with Gasteiger partial charge in [-0.05, 0) is 36.8 Å². The van der Waals surface area contributed by atoms with Gasteiger partial charge in [0.1, 0.15) is 5.75 Å². The van der Waals surface area contributed by atoms with Crippen molar-refractivity contribution < 1.29 is 22.7 Å². The lowest BCUT2D eigenvalue weighted by molar-refractivity contribution is -0.113. The molecule has 1 amide bonds. The average molecular weight is 412 g/mol. The molecule has 1 N–H and O–H groups in total. The van der Waals surface area contributed by atoms with Gasteiger partial charge in [-0.25, -0.2) is 13.2 Å². The summed E-state index contributed by atoms with van der Waals surface area (Å²) >= 11 is 6.02. The third-order valence-corrected chi connectivity index (χ3v) is 5.44. The summed E-state index contributed by atoms with van der Waals surface area (Å²) in [6.45, 7) is 5.69. The molecule has 0 atom stereocenters. The summed E-state index contributed by atoms with van der Waals surface area (Å²) in [5.74, 6) is -2.21. The summed E-state index contributed by atoms with van der Waals surface area (Å²) in [4.78, 5) is 24.1. The second-order valence-electron chi connectivity index (χ2n) is 5.26. The van der Waals surface area contributed by atoms with Gasteiger partial charge in [-0.3, -0.25) is 4.79 Å². The summed E-state index contributed by atoms with van der Waals surface area (Å²) < 4.78 is 29.2. The number of carbonyl (C=O) groups is 2. The number of nitrogens with one attached hydrogen (secondary N) is 1. The Balaban J connectivity index is 0.00000176. The zero-order chi connectivity index (χ0) is 20.6. The van der Waals surface area contributed by atoms with Crippen molar-refractivity contribution in [3.63, 3.8) is 0 Å². The van der Waals surface area contributed by atoms with Gasteiger partial charge >= 0.3 is 5.97 Å². The molecule has 0 fully saturated rings. The van der Waals surface area contributed by atoms with E-state index in [1.807, 2.05) is 13.8 Å². The number of aryl methyl sites for hydroxylation is 1. The largest absolute Gasteiger partial charge is 0.465 e. The Morgan fingerprint density at radius 3 is 2.26 bits per heavy atom. The summed E-state index contributed by atoms with van der Waals surface area (Å²) in [5, 5.41) is 2.74. The lowest BCUT2D eigenvalue weighted by atomic mass is 10.1. The first-order valence-corrected chi connectivity index (χ1v) is 10.2. The first-order valence-electron chi connectivity index (χ1n) is 8.20. The first-order chi connectivity index (χ1) is 12.7. The molecule has 0 aromatic heterocycles. The molecule has 2 rings (SSSR count). The van der Waals surface area contributed by atoms with E-state index >= 15 is 0 Å². The Morgan fingerprint density at radius 1 is 1.11 bits per heavy atom. The minimum Gasteiger partial charge on any atom is -0.465 e. The van der Waals surface area contributed by atoms with E-state index in [9.17, 15) is 18.0 Å². The van der Waals surface area contributed by atoms with Crippen molar-refractivity contribution in [2.24, 2.45) is 0 Å². The second-order valence-corrected chi connectivity index (χ2v) is 7.66. The van der Waals surface area contributed by atoms with Gasteiger partial charge in [0, 0.05) is 5.02 Å². The van der Waals surface area contributed by atoms with E-state index in [1.54, 1.807) is 25.1 Å². The first kappa shape index (κ1) is 22.7. The van der Waals surface area contributed by atoms with Crippen LogP contribution in [0.4, 0.5) is 5.69 Å². The average Bonchev–Trinajstić information content (AvgIpc) is 2.65. The highest BCUT2D eigenvalue weighted by Gasteiger charge is 2.21. The highest BCUT2D eigenvalue weighted by Crippen LogP contribution is 2.26. The maximum absolute atomic E-state index is 12.3. The van der Waals surface area contributed by atoms with E-state index in [2.05, 4.69) is 10.1 Å². The molecule has 0 heterocycles. The van der Waals surface area contributed by atoms with Crippen molar-refractivity contribution in [3.05, 3.63) is 58.6 Å². The minimum atomic E-state index is -3.80. The van der Waals surface area contributed by atoms with Gasteiger partial charge in [0.05, 0.1) is 23.3 Å².